The quantitative estimate of drug-likeness (QED) is 0.587. The van der Waals surface area contributed by atoms with Crippen LogP contribution < -0.4 is 0 Å². The van der Waals surface area contributed by atoms with Crippen molar-refractivity contribution in [3.8, 4) is 11.1 Å². The maximum absolute atomic E-state index is 2.43. The highest BCUT2D eigenvalue weighted by molar-refractivity contribution is 5.70. The predicted molar refractivity (Wildman–Crippen MR) is 94.1 cm³/mol. The van der Waals surface area contributed by atoms with E-state index < -0.39 is 0 Å². The largest absolute Gasteiger partial charge is 0.346 e. The molecule has 0 aliphatic heterocycles. The number of benzene rings is 2. The minimum atomic E-state index is 0.948. The van der Waals surface area contributed by atoms with Crippen LogP contribution in [0.1, 0.15) is 30.2 Å². The molecule has 2 aromatic carbocycles. The first-order chi connectivity index (χ1) is 10.8. The molecule has 0 fully saturated rings. The second-order valence-electron chi connectivity index (χ2n) is 5.86. The van der Waals surface area contributed by atoms with Gasteiger partial charge in [-0.05, 0) is 30.0 Å². The lowest BCUT2D eigenvalue weighted by atomic mass is 10.0. The molecular formula is C21H23N. The molecule has 1 heteroatoms. The Balaban J connectivity index is 2.04. The van der Waals surface area contributed by atoms with Gasteiger partial charge in [0, 0.05) is 24.0 Å². The standard InChI is InChI=1S/C21H23N/c1-3-10-20-21(19-13-8-5-9-14-19)17(2)15-22(20)16-18-11-6-4-7-12-18/h4-9,11-15H,3,10,16H2,1-2H3. The normalized spacial score (nSPS) is 10.8. The first-order valence-corrected chi connectivity index (χ1v) is 8.07. The van der Waals surface area contributed by atoms with Gasteiger partial charge in [0.25, 0.3) is 0 Å². The lowest BCUT2D eigenvalue weighted by molar-refractivity contribution is 0.726. The van der Waals surface area contributed by atoms with Crippen LogP contribution >= 0.6 is 0 Å². The highest BCUT2D eigenvalue weighted by Gasteiger charge is 2.14. The number of hydrogen-bond acceptors (Lipinski definition) is 0. The van der Waals surface area contributed by atoms with Crippen LogP contribution in [0.15, 0.2) is 66.9 Å². The summed E-state index contributed by atoms with van der Waals surface area (Å²) in [5.74, 6) is 0. The van der Waals surface area contributed by atoms with Gasteiger partial charge in [-0.3, -0.25) is 0 Å². The molecule has 112 valence electrons. The lowest BCUT2D eigenvalue weighted by Gasteiger charge is -2.11. The predicted octanol–water partition coefficient (Wildman–Crippen LogP) is 5.46. The molecule has 0 atom stereocenters. The third-order valence-electron chi connectivity index (χ3n) is 4.12. The number of rotatable bonds is 5. The van der Waals surface area contributed by atoms with Gasteiger partial charge in [0.2, 0.25) is 0 Å². The molecule has 0 saturated heterocycles. The Bertz CT molecular complexity index is 723. The fourth-order valence-corrected chi connectivity index (χ4v) is 3.17. The molecule has 0 amide bonds. The Kier molecular flexibility index (Phi) is 4.43. The van der Waals surface area contributed by atoms with E-state index in [9.17, 15) is 0 Å². The number of aryl methyl sites for hydroxylation is 1. The second-order valence-corrected chi connectivity index (χ2v) is 5.86. The van der Waals surface area contributed by atoms with Gasteiger partial charge in [-0.1, -0.05) is 74.0 Å². The Morgan fingerprint density at radius 2 is 1.50 bits per heavy atom. The Labute approximate surface area is 133 Å². The lowest BCUT2D eigenvalue weighted by Crippen LogP contribution is -2.04. The SMILES string of the molecule is CCCc1c(-c2ccccc2)c(C)cn1Cc1ccccc1. The number of aromatic nitrogens is 1. The number of hydrogen-bond donors (Lipinski definition) is 0. The zero-order valence-corrected chi connectivity index (χ0v) is 13.4. The van der Waals surface area contributed by atoms with Crippen molar-refractivity contribution in [2.24, 2.45) is 0 Å². The third kappa shape index (κ3) is 2.99. The average Bonchev–Trinajstić information content (AvgIpc) is 2.85. The molecule has 0 radical (unpaired) electrons. The zero-order valence-electron chi connectivity index (χ0n) is 13.4. The highest BCUT2D eigenvalue weighted by Crippen LogP contribution is 2.30. The van der Waals surface area contributed by atoms with Crippen LogP contribution in [0.5, 0.6) is 0 Å². The molecule has 3 aromatic rings. The summed E-state index contributed by atoms with van der Waals surface area (Å²) in [7, 11) is 0. The molecule has 3 rings (SSSR count). The van der Waals surface area contributed by atoms with E-state index in [1.165, 1.54) is 27.9 Å². The van der Waals surface area contributed by atoms with Crippen LogP contribution in [-0.4, -0.2) is 4.57 Å². The monoisotopic (exact) mass is 289 g/mol. The first-order valence-electron chi connectivity index (χ1n) is 8.07. The van der Waals surface area contributed by atoms with Gasteiger partial charge in [-0.15, -0.1) is 0 Å². The van der Waals surface area contributed by atoms with Crippen LogP contribution in [0.3, 0.4) is 0 Å². The molecule has 1 nitrogen and oxygen atoms in total. The molecule has 0 unspecified atom stereocenters. The van der Waals surface area contributed by atoms with Gasteiger partial charge in [-0.2, -0.15) is 0 Å². The van der Waals surface area contributed by atoms with Gasteiger partial charge < -0.3 is 4.57 Å². The summed E-state index contributed by atoms with van der Waals surface area (Å²) in [6.07, 6.45) is 4.59. The van der Waals surface area contributed by atoms with E-state index in [1.807, 2.05) is 0 Å². The van der Waals surface area contributed by atoms with Crippen molar-refractivity contribution in [3.05, 3.63) is 83.7 Å². The summed E-state index contributed by atoms with van der Waals surface area (Å²) in [6.45, 7) is 5.43. The third-order valence-corrected chi connectivity index (χ3v) is 4.12. The maximum Gasteiger partial charge on any atom is 0.0473 e. The molecule has 0 aliphatic rings. The summed E-state index contributed by atoms with van der Waals surface area (Å²) in [4.78, 5) is 0. The zero-order chi connectivity index (χ0) is 15.4. The molecule has 1 aromatic heterocycles. The van der Waals surface area contributed by atoms with E-state index in [0.717, 1.165) is 19.4 Å². The van der Waals surface area contributed by atoms with Crippen LogP contribution in [-0.2, 0) is 13.0 Å². The molecule has 0 bridgehead atoms. The second kappa shape index (κ2) is 6.65. The van der Waals surface area contributed by atoms with Crippen molar-refractivity contribution in [1.29, 1.82) is 0 Å². The summed E-state index contributed by atoms with van der Waals surface area (Å²) in [5.41, 5.74) is 6.92. The van der Waals surface area contributed by atoms with Gasteiger partial charge in [0.1, 0.15) is 0 Å². The Morgan fingerprint density at radius 3 is 2.14 bits per heavy atom. The van der Waals surface area contributed by atoms with Crippen molar-refractivity contribution in [3.63, 3.8) is 0 Å². The van der Waals surface area contributed by atoms with E-state index in [2.05, 4.69) is 85.3 Å². The summed E-state index contributed by atoms with van der Waals surface area (Å²) < 4.78 is 2.43. The molecule has 0 N–H and O–H groups in total. The smallest absolute Gasteiger partial charge is 0.0473 e. The van der Waals surface area contributed by atoms with Crippen LogP contribution in [0.4, 0.5) is 0 Å². The minimum Gasteiger partial charge on any atom is -0.346 e. The van der Waals surface area contributed by atoms with Crippen molar-refractivity contribution >= 4 is 0 Å². The molecular weight excluding hydrogens is 266 g/mol. The van der Waals surface area contributed by atoms with Crippen molar-refractivity contribution in [2.45, 2.75) is 33.2 Å². The van der Waals surface area contributed by atoms with Gasteiger partial charge >= 0.3 is 0 Å². The molecule has 22 heavy (non-hydrogen) atoms. The van der Waals surface area contributed by atoms with Crippen LogP contribution in [0.25, 0.3) is 11.1 Å². The van der Waals surface area contributed by atoms with Gasteiger partial charge in [0.05, 0.1) is 0 Å². The first kappa shape index (κ1) is 14.6. The van der Waals surface area contributed by atoms with Gasteiger partial charge in [-0.25, -0.2) is 0 Å². The van der Waals surface area contributed by atoms with Crippen molar-refractivity contribution in [1.82, 2.24) is 4.57 Å². The Morgan fingerprint density at radius 1 is 0.864 bits per heavy atom. The van der Waals surface area contributed by atoms with Crippen LogP contribution in [0.2, 0.25) is 0 Å². The van der Waals surface area contributed by atoms with E-state index in [4.69, 9.17) is 0 Å². The van der Waals surface area contributed by atoms with E-state index in [-0.39, 0.29) is 0 Å². The van der Waals surface area contributed by atoms with Crippen molar-refractivity contribution < 1.29 is 0 Å². The Hall–Kier alpha value is -2.28. The average molecular weight is 289 g/mol. The molecule has 1 heterocycles. The summed E-state index contributed by atoms with van der Waals surface area (Å²) >= 11 is 0. The van der Waals surface area contributed by atoms with E-state index in [1.54, 1.807) is 0 Å². The minimum absolute atomic E-state index is 0.948. The molecule has 0 aliphatic carbocycles. The molecule has 0 spiro atoms. The maximum atomic E-state index is 2.43. The van der Waals surface area contributed by atoms with Crippen LogP contribution in [0, 0.1) is 6.92 Å². The van der Waals surface area contributed by atoms with E-state index in [0.29, 0.717) is 0 Å². The van der Waals surface area contributed by atoms with Gasteiger partial charge in [0.15, 0.2) is 0 Å². The van der Waals surface area contributed by atoms with E-state index >= 15 is 0 Å². The van der Waals surface area contributed by atoms with Crippen molar-refractivity contribution in [2.75, 3.05) is 0 Å². The summed E-state index contributed by atoms with van der Waals surface area (Å²) in [5, 5.41) is 0. The molecule has 0 saturated carbocycles. The number of nitrogens with zero attached hydrogens (tertiary/aromatic N) is 1. The highest BCUT2D eigenvalue weighted by atomic mass is 15.0. The fraction of sp³-hybridized carbons (Fsp3) is 0.238. The fourth-order valence-electron chi connectivity index (χ4n) is 3.17. The topological polar surface area (TPSA) is 4.93 Å². The summed E-state index contributed by atoms with van der Waals surface area (Å²) in [6, 6.07) is 21.5.